The molecule has 0 saturated carbocycles. The molecule has 0 spiro atoms. The topological polar surface area (TPSA) is 61.8 Å². The van der Waals surface area contributed by atoms with E-state index in [0.717, 1.165) is 5.56 Å². The Morgan fingerprint density at radius 3 is 1.68 bits per heavy atom. The molecule has 0 bridgehead atoms. The number of fused-ring (bicyclic) bond motifs is 2. The fourth-order valence-corrected chi connectivity index (χ4v) is 3.55. The van der Waals surface area contributed by atoms with Crippen molar-refractivity contribution in [2.75, 3.05) is 7.11 Å². The van der Waals surface area contributed by atoms with Crippen molar-refractivity contribution in [1.82, 2.24) is 0 Å². The van der Waals surface area contributed by atoms with Gasteiger partial charge in [0, 0.05) is 10.4 Å². The van der Waals surface area contributed by atoms with Gasteiger partial charge >= 0.3 is 11.9 Å². The van der Waals surface area contributed by atoms with Gasteiger partial charge in [-0.3, -0.25) is 0 Å². The highest BCUT2D eigenvalue weighted by molar-refractivity contribution is 6.21. The summed E-state index contributed by atoms with van der Waals surface area (Å²) in [6.45, 7) is 0. The second kappa shape index (κ2) is 6.09. The van der Waals surface area contributed by atoms with Crippen LogP contribution in [-0.4, -0.2) is 19.0 Å². The third kappa shape index (κ3) is 2.41. The molecule has 0 saturated heterocycles. The van der Waals surface area contributed by atoms with Gasteiger partial charge in [-0.15, -0.1) is 0 Å². The minimum absolute atomic E-state index is 0.415. The van der Waals surface area contributed by atoms with E-state index in [2.05, 4.69) is 0 Å². The van der Waals surface area contributed by atoms with E-state index < -0.39 is 11.9 Å². The molecule has 5 nitrogen and oxygen atoms in total. The van der Waals surface area contributed by atoms with Crippen LogP contribution in [0.5, 0.6) is 17.2 Å². The zero-order chi connectivity index (χ0) is 19.3. The van der Waals surface area contributed by atoms with E-state index in [4.69, 9.17) is 14.2 Å². The number of ether oxygens (including phenoxy) is 3. The van der Waals surface area contributed by atoms with Gasteiger partial charge in [-0.25, -0.2) is 9.59 Å². The van der Waals surface area contributed by atoms with Crippen LogP contribution < -0.4 is 24.6 Å². The molecule has 5 rings (SSSR count). The first-order chi connectivity index (χ1) is 13.7. The fourth-order valence-electron chi connectivity index (χ4n) is 3.55. The van der Waals surface area contributed by atoms with Gasteiger partial charge in [0.1, 0.15) is 17.2 Å². The molecular formula is C23H14O5. The number of methoxy groups -OCH3 is 1. The van der Waals surface area contributed by atoms with Crippen molar-refractivity contribution in [3.63, 3.8) is 0 Å². The van der Waals surface area contributed by atoms with Crippen molar-refractivity contribution in [1.29, 1.82) is 0 Å². The predicted octanol–water partition coefficient (Wildman–Crippen LogP) is 1.93. The monoisotopic (exact) mass is 370 g/mol. The zero-order valence-corrected chi connectivity index (χ0v) is 14.9. The Hall–Kier alpha value is -3.86. The molecule has 2 aliphatic rings. The molecular weight excluding hydrogens is 356 g/mol. The molecule has 0 fully saturated rings. The van der Waals surface area contributed by atoms with Crippen LogP contribution in [0.4, 0.5) is 0 Å². The van der Waals surface area contributed by atoms with Crippen LogP contribution >= 0.6 is 0 Å². The smallest absolute Gasteiger partial charge is 0.344 e. The van der Waals surface area contributed by atoms with Gasteiger partial charge < -0.3 is 14.2 Å². The van der Waals surface area contributed by atoms with Gasteiger partial charge in [0.2, 0.25) is 0 Å². The highest BCUT2D eigenvalue weighted by Crippen LogP contribution is 2.27. The Balaban J connectivity index is 1.75. The van der Waals surface area contributed by atoms with E-state index in [-0.39, 0.29) is 0 Å². The molecule has 2 aliphatic heterocycles. The normalized spacial score (nSPS) is 14.5. The fraction of sp³-hybridized carbons (Fsp3) is 0.0435. The average molecular weight is 370 g/mol. The highest BCUT2D eigenvalue weighted by Gasteiger charge is 2.30. The Morgan fingerprint density at radius 2 is 1.18 bits per heavy atom. The van der Waals surface area contributed by atoms with Crippen LogP contribution in [0.3, 0.4) is 0 Å². The molecule has 0 atom stereocenters. The molecule has 0 aromatic heterocycles. The first kappa shape index (κ1) is 16.3. The summed E-state index contributed by atoms with van der Waals surface area (Å²) >= 11 is 0. The van der Waals surface area contributed by atoms with Gasteiger partial charge in [-0.05, 0) is 35.4 Å². The number of benzene rings is 3. The van der Waals surface area contributed by atoms with Crippen molar-refractivity contribution in [3.8, 4) is 17.2 Å². The number of esters is 2. The van der Waals surface area contributed by atoms with Crippen LogP contribution in [0.2, 0.25) is 0 Å². The van der Waals surface area contributed by atoms with Gasteiger partial charge in [0.25, 0.3) is 0 Å². The van der Waals surface area contributed by atoms with Crippen LogP contribution in [0.25, 0.3) is 11.1 Å². The van der Waals surface area contributed by atoms with Crippen LogP contribution in [0.1, 0.15) is 11.1 Å². The number of rotatable bonds is 3. The second-order valence-electron chi connectivity index (χ2n) is 6.47. The molecule has 0 amide bonds. The maximum absolute atomic E-state index is 12.5. The number of hydrogen-bond donors (Lipinski definition) is 0. The van der Waals surface area contributed by atoms with E-state index in [9.17, 15) is 9.59 Å². The molecule has 3 aromatic carbocycles. The van der Waals surface area contributed by atoms with Gasteiger partial charge in [0.15, 0.2) is 0 Å². The molecule has 0 N–H and O–H groups in total. The molecule has 2 heterocycles. The lowest BCUT2D eigenvalue weighted by Gasteiger charge is -2.02. The molecule has 0 aliphatic carbocycles. The van der Waals surface area contributed by atoms with Crippen LogP contribution in [0, 0.1) is 0 Å². The minimum Gasteiger partial charge on any atom is -0.497 e. The largest absolute Gasteiger partial charge is 0.497 e. The van der Waals surface area contributed by atoms with Crippen molar-refractivity contribution >= 4 is 23.1 Å². The predicted molar refractivity (Wildman–Crippen MR) is 101 cm³/mol. The standard InChI is InChI=1S/C23H14O5/c1-26-15-9-7-14(8-10-15)21-17-12-18-16(11-19(17)28-23(21)25)20(22(24)27-18)13-5-3-2-4-6-13/h2-12H,1H3. The Kier molecular flexibility index (Phi) is 3.55. The van der Waals surface area contributed by atoms with Crippen molar-refractivity contribution in [2.24, 2.45) is 0 Å². The minimum atomic E-state index is -0.434. The summed E-state index contributed by atoms with van der Waals surface area (Å²) in [6.07, 6.45) is 0. The summed E-state index contributed by atoms with van der Waals surface area (Å²) < 4.78 is 16.1. The maximum Gasteiger partial charge on any atom is 0.344 e. The summed E-state index contributed by atoms with van der Waals surface area (Å²) in [5.41, 5.74) is 2.37. The van der Waals surface area contributed by atoms with E-state index in [1.807, 2.05) is 30.3 Å². The van der Waals surface area contributed by atoms with Crippen molar-refractivity contribution in [3.05, 3.63) is 88.3 Å². The van der Waals surface area contributed by atoms with Crippen LogP contribution in [-0.2, 0) is 9.59 Å². The summed E-state index contributed by atoms with van der Waals surface area (Å²) in [7, 11) is 1.58. The first-order valence-electron chi connectivity index (χ1n) is 8.72. The Bertz CT molecular complexity index is 1250. The molecule has 5 heteroatoms. The Morgan fingerprint density at radius 1 is 0.679 bits per heavy atom. The third-order valence-corrected chi connectivity index (χ3v) is 4.88. The summed E-state index contributed by atoms with van der Waals surface area (Å²) in [5.74, 6) is 0.688. The van der Waals surface area contributed by atoms with Crippen molar-refractivity contribution in [2.45, 2.75) is 0 Å². The first-order valence-corrected chi connectivity index (χ1v) is 8.72. The molecule has 0 radical (unpaired) electrons. The van der Waals surface area contributed by atoms with E-state index in [0.29, 0.717) is 44.4 Å². The number of hydrogen-bond acceptors (Lipinski definition) is 5. The molecule has 3 aromatic rings. The lowest BCUT2D eigenvalue weighted by molar-refractivity contribution is -0.128. The number of carbonyl (C=O) groups excluding carboxylic acids is 2. The quantitative estimate of drug-likeness (QED) is 0.521. The highest BCUT2D eigenvalue weighted by atomic mass is 16.5. The Labute approximate surface area is 160 Å². The second-order valence-corrected chi connectivity index (χ2v) is 6.47. The summed E-state index contributed by atoms with van der Waals surface area (Å²) in [6, 6.07) is 19.8. The molecule has 136 valence electrons. The van der Waals surface area contributed by atoms with Gasteiger partial charge in [0.05, 0.1) is 18.3 Å². The lowest BCUT2D eigenvalue weighted by Crippen LogP contribution is -2.11. The van der Waals surface area contributed by atoms with E-state index in [1.54, 1.807) is 43.5 Å². The van der Waals surface area contributed by atoms with E-state index >= 15 is 0 Å². The maximum atomic E-state index is 12.5. The number of carbonyl (C=O) groups is 2. The van der Waals surface area contributed by atoms with E-state index in [1.165, 1.54) is 0 Å². The van der Waals surface area contributed by atoms with Crippen molar-refractivity contribution < 1.29 is 23.8 Å². The van der Waals surface area contributed by atoms with Gasteiger partial charge in [-0.2, -0.15) is 0 Å². The third-order valence-electron chi connectivity index (χ3n) is 4.88. The zero-order valence-electron chi connectivity index (χ0n) is 14.9. The summed E-state index contributed by atoms with van der Waals surface area (Å²) in [5, 5.41) is 1.23. The van der Waals surface area contributed by atoms with Gasteiger partial charge in [-0.1, -0.05) is 42.5 Å². The molecule has 0 unspecified atom stereocenters. The lowest BCUT2D eigenvalue weighted by atomic mass is 10.0. The van der Waals surface area contributed by atoms with Crippen LogP contribution in [0.15, 0.2) is 66.7 Å². The molecule has 28 heavy (non-hydrogen) atoms. The average Bonchev–Trinajstić information content (AvgIpc) is 3.21. The SMILES string of the molecule is COc1ccc(C2=c3cc4c(cc3OC2=O)=C(c2ccccc2)C(=O)O4)cc1. The summed E-state index contributed by atoms with van der Waals surface area (Å²) in [4.78, 5) is 25.0.